The fraction of sp³-hybridized carbons (Fsp3) is 0.550. The van der Waals surface area contributed by atoms with Crippen molar-refractivity contribution in [3.05, 3.63) is 35.9 Å². The Balaban J connectivity index is 0.000000251. The van der Waals surface area contributed by atoms with E-state index in [1.165, 1.54) is 6.92 Å². The van der Waals surface area contributed by atoms with Crippen LogP contribution >= 0.6 is 0 Å². The van der Waals surface area contributed by atoms with E-state index in [-0.39, 0.29) is 37.6 Å². The van der Waals surface area contributed by atoms with Gasteiger partial charge in [-0.15, -0.1) is 0 Å². The average Bonchev–Trinajstić information content (AvgIpc) is 3.22. The maximum absolute atomic E-state index is 10.6. The fourth-order valence-corrected chi connectivity index (χ4v) is 2.76. The largest absolute Gasteiger partial charge is 0.497 e. The number of hydrogen-bond donors (Lipinski definition) is 0. The van der Waals surface area contributed by atoms with Gasteiger partial charge in [0.25, 0.3) is 0 Å². The minimum absolute atomic E-state index is 0. The van der Waals surface area contributed by atoms with Crippen molar-refractivity contribution in [3.63, 3.8) is 0 Å². The van der Waals surface area contributed by atoms with Crippen LogP contribution < -0.4 is 4.74 Å². The Morgan fingerprint density at radius 1 is 1.00 bits per heavy atom. The Hall–Kier alpha value is -1.73. The predicted molar refractivity (Wildman–Crippen MR) is 101 cm³/mol. The minimum atomic E-state index is 0. The van der Waals surface area contributed by atoms with Gasteiger partial charge in [-0.2, -0.15) is 0 Å². The van der Waals surface area contributed by atoms with E-state index in [1.54, 1.807) is 33.5 Å². The zero-order valence-electron chi connectivity index (χ0n) is 15.1. The summed E-state index contributed by atoms with van der Waals surface area (Å²) in [6.45, 7) is 2.76. The molecule has 6 nitrogen and oxygen atoms in total. The third-order valence-corrected chi connectivity index (χ3v) is 4.19. The van der Waals surface area contributed by atoms with Crippen LogP contribution in [0.25, 0.3) is 6.08 Å². The average molecular weight is 366 g/mol. The fourth-order valence-electron chi connectivity index (χ4n) is 2.76. The molecule has 1 aromatic rings. The molecule has 0 spiro atoms. The SMILES string of the molecule is C.CO[C@H]1CO[C@H]2[C@@H]1OC[C@H]2OC.COc1ccc(C=CC(C)=O)cc1. The van der Waals surface area contributed by atoms with Gasteiger partial charge >= 0.3 is 0 Å². The van der Waals surface area contributed by atoms with Crippen LogP contribution in [0.5, 0.6) is 5.75 Å². The highest BCUT2D eigenvalue weighted by molar-refractivity contribution is 5.91. The molecular formula is C20H30O6. The lowest BCUT2D eigenvalue weighted by atomic mass is 10.1. The Morgan fingerprint density at radius 3 is 1.88 bits per heavy atom. The van der Waals surface area contributed by atoms with Gasteiger partial charge in [-0.3, -0.25) is 4.79 Å². The summed E-state index contributed by atoms with van der Waals surface area (Å²) in [6, 6.07) is 7.52. The van der Waals surface area contributed by atoms with E-state index in [9.17, 15) is 4.79 Å². The maximum Gasteiger partial charge on any atom is 0.152 e. The first-order valence-electron chi connectivity index (χ1n) is 8.20. The molecule has 6 heteroatoms. The number of carbonyl (C=O) groups is 1. The first kappa shape index (κ1) is 22.3. The summed E-state index contributed by atoms with van der Waals surface area (Å²) in [5, 5.41) is 0. The molecule has 0 bridgehead atoms. The maximum atomic E-state index is 10.6. The molecule has 2 fully saturated rings. The first-order valence-corrected chi connectivity index (χ1v) is 8.20. The van der Waals surface area contributed by atoms with Crippen molar-refractivity contribution in [1.82, 2.24) is 0 Å². The monoisotopic (exact) mass is 366 g/mol. The summed E-state index contributed by atoms with van der Waals surface area (Å²) in [7, 11) is 4.99. The summed E-state index contributed by atoms with van der Waals surface area (Å²) < 4.78 is 26.4. The highest BCUT2D eigenvalue weighted by Crippen LogP contribution is 2.29. The van der Waals surface area contributed by atoms with Gasteiger partial charge < -0.3 is 23.7 Å². The standard InChI is InChI=1S/C11H12O2.C8H14O4.CH4/c1-9(12)3-4-10-5-7-11(13-2)8-6-10;1-9-5-3-11-8-6(10-2)4-12-7(5)8;/h3-8H,1-2H3;5-8H,3-4H2,1-2H3;1H4/t;5-,6+,7-,8-;/m.1./s1. The van der Waals surface area contributed by atoms with E-state index in [1.807, 2.05) is 24.3 Å². The van der Waals surface area contributed by atoms with Crippen molar-refractivity contribution < 1.29 is 28.5 Å². The van der Waals surface area contributed by atoms with Crippen molar-refractivity contribution >= 4 is 11.9 Å². The molecule has 0 radical (unpaired) electrons. The lowest BCUT2D eigenvalue weighted by molar-refractivity contribution is -0.112. The second-order valence-corrected chi connectivity index (χ2v) is 5.86. The van der Waals surface area contributed by atoms with Gasteiger partial charge in [-0.25, -0.2) is 0 Å². The predicted octanol–water partition coefficient (Wildman–Crippen LogP) is 2.75. The second-order valence-electron chi connectivity index (χ2n) is 5.86. The Morgan fingerprint density at radius 2 is 1.50 bits per heavy atom. The number of carbonyl (C=O) groups excluding carboxylic acids is 1. The minimum Gasteiger partial charge on any atom is -0.497 e. The molecule has 1 aromatic carbocycles. The van der Waals surface area contributed by atoms with Crippen LogP contribution in [0.2, 0.25) is 0 Å². The van der Waals surface area contributed by atoms with E-state index in [0.29, 0.717) is 13.2 Å². The molecule has 2 aliphatic heterocycles. The Kier molecular flexibility index (Phi) is 9.51. The lowest BCUT2D eigenvalue weighted by Crippen LogP contribution is -2.32. The van der Waals surface area contributed by atoms with E-state index in [4.69, 9.17) is 23.7 Å². The molecule has 2 saturated heterocycles. The third-order valence-electron chi connectivity index (χ3n) is 4.19. The third kappa shape index (κ3) is 5.92. The summed E-state index contributed by atoms with van der Waals surface area (Å²) in [5.74, 6) is 0.871. The number of fused-ring (bicyclic) bond motifs is 1. The summed E-state index contributed by atoms with van der Waals surface area (Å²) in [5.41, 5.74) is 0.996. The van der Waals surface area contributed by atoms with Crippen molar-refractivity contribution in [2.24, 2.45) is 0 Å². The number of rotatable bonds is 5. The zero-order valence-corrected chi connectivity index (χ0v) is 15.1. The van der Waals surface area contributed by atoms with Crippen LogP contribution in [0.3, 0.4) is 0 Å². The van der Waals surface area contributed by atoms with Crippen LogP contribution in [-0.4, -0.2) is 64.7 Å². The van der Waals surface area contributed by atoms with Crippen molar-refractivity contribution in [1.29, 1.82) is 0 Å². The summed E-state index contributed by atoms with van der Waals surface area (Å²) in [4.78, 5) is 10.6. The van der Waals surface area contributed by atoms with E-state index < -0.39 is 0 Å². The van der Waals surface area contributed by atoms with Crippen LogP contribution in [0.4, 0.5) is 0 Å². The van der Waals surface area contributed by atoms with Gasteiger partial charge in [-0.05, 0) is 30.7 Å². The highest BCUT2D eigenvalue weighted by atomic mass is 16.6. The zero-order chi connectivity index (χ0) is 18.2. The molecule has 0 amide bonds. The molecule has 26 heavy (non-hydrogen) atoms. The summed E-state index contributed by atoms with van der Waals surface area (Å²) >= 11 is 0. The smallest absolute Gasteiger partial charge is 0.152 e. The molecule has 0 aromatic heterocycles. The molecule has 0 saturated carbocycles. The number of ketones is 1. The van der Waals surface area contributed by atoms with Gasteiger partial charge in [0.15, 0.2) is 5.78 Å². The van der Waals surface area contributed by atoms with Crippen LogP contribution in [0.1, 0.15) is 19.9 Å². The number of methoxy groups -OCH3 is 3. The molecular weight excluding hydrogens is 336 g/mol. The van der Waals surface area contributed by atoms with E-state index >= 15 is 0 Å². The molecule has 0 N–H and O–H groups in total. The van der Waals surface area contributed by atoms with Crippen LogP contribution in [0.15, 0.2) is 30.3 Å². The highest BCUT2D eigenvalue weighted by Gasteiger charge is 2.48. The molecule has 146 valence electrons. The molecule has 4 atom stereocenters. The van der Waals surface area contributed by atoms with Crippen molar-refractivity contribution in [2.75, 3.05) is 34.5 Å². The van der Waals surface area contributed by atoms with Crippen molar-refractivity contribution in [2.45, 2.75) is 38.8 Å². The molecule has 3 rings (SSSR count). The molecule has 0 aliphatic carbocycles. The van der Waals surface area contributed by atoms with E-state index in [0.717, 1.165) is 11.3 Å². The second kappa shape index (κ2) is 11.1. The Bertz CT molecular complexity index is 550. The summed E-state index contributed by atoms with van der Waals surface area (Å²) in [6.07, 6.45) is 3.62. The quantitative estimate of drug-likeness (QED) is 0.747. The Labute approximate surface area is 156 Å². The first-order chi connectivity index (χ1) is 12.1. The van der Waals surface area contributed by atoms with E-state index in [2.05, 4.69) is 0 Å². The number of ether oxygens (including phenoxy) is 5. The van der Waals surface area contributed by atoms with Crippen LogP contribution in [0, 0.1) is 0 Å². The molecule has 2 aliphatic rings. The van der Waals surface area contributed by atoms with Gasteiger partial charge in [0.2, 0.25) is 0 Å². The number of benzene rings is 1. The number of allylic oxidation sites excluding steroid dienone is 1. The van der Waals surface area contributed by atoms with Crippen LogP contribution in [-0.2, 0) is 23.7 Å². The van der Waals surface area contributed by atoms with Crippen molar-refractivity contribution in [3.8, 4) is 5.75 Å². The van der Waals surface area contributed by atoms with Gasteiger partial charge in [0.1, 0.15) is 30.2 Å². The van der Waals surface area contributed by atoms with Gasteiger partial charge in [0.05, 0.1) is 20.3 Å². The normalized spacial score (nSPS) is 26.6. The van der Waals surface area contributed by atoms with Gasteiger partial charge in [0, 0.05) is 14.2 Å². The van der Waals surface area contributed by atoms with Gasteiger partial charge in [-0.1, -0.05) is 25.6 Å². The lowest BCUT2D eigenvalue weighted by Gasteiger charge is -2.14. The topological polar surface area (TPSA) is 63.2 Å². The number of hydrogen-bond acceptors (Lipinski definition) is 6. The molecule has 2 heterocycles. The molecule has 0 unspecified atom stereocenters.